The number of allylic oxidation sites excluding steroid dienone is 2. The molecule has 0 saturated carbocycles. The van der Waals surface area contributed by atoms with Gasteiger partial charge in [0.05, 0.1) is 5.02 Å². The third-order valence-corrected chi connectivity index (χ3v) is 4.33. The third kappa shape index (κ3) is 3.78. The molecule has 1 fully saturated rings. The van der Waals surface area contributed by atoms with Crippen LogP contribution in [-0.4, -0.2) is 40.3 Å². The number of hydrogen-bond donors (Lipinski definition) is 2. The molecule has 0 radical (unpaired) electrons. The summed E-state index contributed by atoms with van der Waals surface area (Å²) in [5, 5.41) is 19.7. The monoisotopic (exact) mass is 362 g/mol. The molecule has 1 aromatic carbocycles. The van der Waals surface area contributed by atoms with Crippen molar-refractivity contribution in [3.05, 3.63) is 34.4 Å². The number of cyclic esters (lactones) is 1. The van der Waals surface area contributed by atoms with Gasteiger partial charge in [-0.25, -0.2) is 4.79 Å². The second-order valence-electron chi connectivity index (χ2n) is 5.89. The maximum atomic E-state index is 12.5. The highest BCUT2D eigenvalue weighted by atomic mass is 35.5. The molecule has 3 atom stereocenters. The number of esters is 1. The number of rotatable bonds is 0. The molecule has 25 heavy (non-hydrogen) atoms. The molecule has 2 N–H and O–H groups in total. The maximum Gasteiger partial charge on any atom is 0.342 e. The molecular weight excluding hydrogens is 348 g/mol. The van der Waals surface area contributed by atoms with Crippen LogP contribution in [0.3, 0.4) is 0 Å². The van der Waals surface area contributed by atoms with Crippen LogP contribution in [0, 0.1) is 11.8 Å². The molecular formula is C18H15ClO6. The fourth-order valence-corrected chi connectivity index (χ4v) is 2.86. The lowest BCUT2D eigenvalue weighted by Crippen LogP contribution is -2.19. The Morgan fingerprint density at radius 2 is 2.04 bits per heavy atom. The lowest BCUT2D eigenvalue weighted by Gasteiger charge is -2.16. The summed E-state index contributed by atoms with van der Waals surface area (Å²) in [5.41, 5.74) is -0.218. The van der Waals surface area contributed by atoms with Gasteiger partial charge in [0.15, 0.2) is 5.78 Å². The zero-order chi connectivity index (χ0) is 18.1. The topological polar surface area (TPSA) is 96.4 Å². The molecule has 1 saturated heterocycles. The third-order valence-electron chi connectivity index (χ3n) is 3.91. The van der Waals surface area contributed by atoms with Crippen LogP contribution in [0.15, 0.2) is 18.2 Å². The van der Waals surface area contributed by atoms with E-state index in [4.69, 9.17) is 21.1 Å². The largest absolute Gasteiger partial charge is 0.507 e. The first kappa shape index (κ1) is 17.3. The molecule has 1 aromatic rings. The van der Waals surface area contributed by atoms with E-state index in [1.54, 1.807) is 6.92 Å². The van der Waals surface area contributed by atoms with E-state index in [2.05, 4.69) is 11.8 Å². The summed E-state index contributed by atoms with van der Waals surface area (Å²) in [6, 6.07) is 0.946. The Bertz CT molecular complexity index is 832. The number of fused-ring (bicyclic) bond motifs is 2. The highest BCUT2D eigenvalue weighted by molar-refractivity contribution is 6.33. The average molecular weight is 363 g/mol. The fourth-order valence-electron chi connectivity index (χ4n) is 2.64. The number of phenols is 2. The van der Waals surface area contributed by atoms with Gasteiger partial charge in [-0.05, 0) is 19.1 Å². The molecule has 2 aliphatic rings. The molecule has 0 spiro atoms. The van der Waals surface area contributed by atoms with E-state index in [1.807, 2.05) is 0 Å². The molecule has 7 heteroatoms. The summed E-state index contributed by atoms with van der Waals surface area (Å²) >= 11 is 6.04. The van der Waals surface area contributed by atoms with Crippen molar-refractivity contribution < 1.29 is 29.3 Å². The Balaban J connectivity index is 2.03. The predicted octanol–water partition coefficient (Wildman–Crippen LogP) is 2.14. The van der Waals surface area contributed by atoms with Gasteiger partial charge in [-0.15, -0.1) is 0 Å². The van der Waals surface area contributed by atoms with Crippen molar-refractivity contribution in [1.29, 1.82) is 0 Å². The molecule has 3 rings (SSSR count). The molecule has 130 valence electrons. The van der Waals surface area contributed by atoms with E-state index in [-0.39, 0.29) is 34.8 Å². The van der Waals surface area contributed by atoms with Crippen molar-refractivity contribution in [2.75, 3.05) is 0 Å². The quantitative estimate of drug-likeness (QED) is 0.417. The van der Waals surface area contributed by atoms with Crippen molar-refractivity contribution >= 4 is 23.4 Å². The minimum atomic E-state index is -0.820. The smallest absolute Gasteiger partial charge is 0.342 e. The number of epoxide rings is 1. The lowest BCUT2D eigenvalue weighted by atomic mass is 10.00. The zero-order valence-electron chi connectivity index (χ0n) is 13.3. The average Bonchev–Trinajstić information content (AvgIpc) is 3.25. The Hall–Kier alpha value is -2.49. The van der Waals surface area contributed by atoms with Gasteiger partial charge < -0.3 is 19.7 Å². The summed E-state index contributed by atoms with van der Waals surface area (Å²) < 4.78 is 10.7. The molecule has 0 amide bonds. The molecule has 0 aromatic heterocycles. The van der Waals surface area contributed by atoms with Gasteiger partial charge in [0.2, 0.25) is 0 Å². The Labute approximate surface area is 149 Å². The van der Waals surface area contributed by atoms with Gasteiger partial charge in [0.25, 0.3) is 0 Å². The normalized spacial score (nSPS) is 27.0. The van der Waals surface area contributed by atoms with Gasteiger partial charge in [0.1, 0.15) is 35.4 Å². The van der Waals surface area contributed by atoms with Crippen LogP contribution >= 0.6 is 11.6 Å². The van der Waals surface area contributed by atoms with Gasteiger partial charge in [0, 0.05) is 24.5 Å². The van der Waals surface area contributed by atoms with Gasteiger partial charge in [-0.3, -0.25) is 4.79 Å². The highest BCUT2D eigenvalue weighted by Crippen LogP contribution is 2.37. The molecule has 2 heterocycles. The second kappa shape index (κ2) is 6.79. The SMILES string of the molecule is C[C@@H]1C[C@H]2O[C@@H]2C#C/C=C/C(=O)Cc2c(Cl)c(O)cc(O)c2C(=O)O1. The highest BCUT2D eigenvalue weighted by Gasteiger charge is 2.39. The first-order valence-electron chi connectivity index (χ1n) is 7.67. The van der Waals surface area contributed by atoms with E-state index >= 15 is 0 Å². The zero-order valence-corrected chi connectivity index (χ0v) is 14.0. The van der Waals surface area contributed by atoms with E-state index < -0.39 is 29.4 Å². The number of halogens is 1. The summed E-state index contributed by atoms with van der Waals surface area (Å²) in [7, 11) is 0. The summed E-state index contributed by atoms with van der Waals surface area (Å²) in [5.74, 6) is 3.44. The van der Waals surface area contributed by atoms with E-state index in [9.17, 15) is 19.8 Å². The Morgan fingerprint density at radius 1 is 1.28 bits per heavy atom. The van der Waals surface area contributed by atoms with Crippen LogP contribution in [0.5, 0.6) is 11.5 Å². The Morgan fingerprint density at radius 3 is 2.80 bits per heavy atom. The number of carbonyl (C=O) groups is 2. The van der Waals surface area contributed by atoms with Crippen molar-refractivity contribution in [1.82, 2.24) is 0 Å². The Kier molecular flexibility index (Phi) is 4.71. The number of phenolic OH excluding ortho intramolecular Hbond substituents is 2. The summed E-state index contributed by atoms with van der Waals surface area (Å²) in [4.78, 5) is 24.6. The van der Waals surface area contributed by atoms with E-state index in [1.165, 1.54) is 12.2 Å². The lowest BCUT2D eigenvalue weighted by molar-refractivity contribution is -0.114. The number of carbonyl (C=O) groups excluding carboxylic acids is 2. The van der Waals surface area contributed by atoms with E-state index in [0.717, 1.165) is 6.07 Å². The molecule has 0 aliphatic carbocycles. The van der Waals surface area contributed by atoms with Crippen molar-refractivity contribution in [2.45, 2.75) is 38.1 Å². The first-order chi connectivity index (χ1) is 11.9. The minimum Gasteiger partial charge on any atom is -0.507 e. The number of aromatic hydroxyl groups is 2. The summed E-state index contributed by atoms with van der Waals surface area (Å²) in [6.45, 7) is 1.69. The van der Waals surface area contributed by atoms with Crippen LogP contribution in [-0.2, 0) is 20.7 Å². The molecule has 2 aliphatic heterocycles. The van der Waals surface area contributed by atoms with Crippen molar-refractivity contribution in [2.24, 2.45) is 0 Å². The van der Waals surface area contributed by atoms with Gasteiger partial charge in [-0.2, -0.15) is 0 Å². The number of ketones is 1. The van der Waals surface area contributed by atoms with Crippen molar-refractivity contribution in [3.63, 3.8) is 0 Å². The number of benzene rings is 1. The van der Waals surface area contributed by atoms with E-state index in [0.29, 0.717) is 6.42 Å². The van der Waals surface area contributed by atoms with Gasteiger partial charge in [-0.1, -0.05) is 23.4 Å². The van der Waals surface area contributed by atoms with Crippen LogP contribution in [0.25, 0.3) is 0 Å². The molecule has 0 unspecified atom stereocenters. The standard InChI is InChI=1S/C18H15ClO6/c1-9-6-15-14(25-15)5-3-2-4-10(20)7-11-16(18(23)24-9)12(21)8-13(22)17(11)19/h2,4,8-9,14-15,21-22H,6-7H2,1H3/b4-2+/t9-,14-,15-/m1/s1. The number of hydrogen-bond acceptors (Lipinski definition) is 6. The second-order valence-corrected chi connectivity index (χ2v) is 6.27. The van der Waals surface area contributed by atoms with Crippen LogP contribution in [0.4, 0.5) is 0 Å². The van der Waals surface area contributed by atoms with Crippen molar-refractivity contribution in [3.8, 4) is 23.3 Å². The van der Waals surface area contributed by atoms with Crippen LogP contribution in [0.1, 0.15) is 29.3 Å². The summed E-state index contributed by atoms with van der Waals surface area (Å²) in [6.07, 6.45) is 1.93. The molecule has 6 nitrogen and oxygen atoms in total. The minimum absolute atomic E-state index is 0.0107. The fraction of sp³-hybridized carbons (Fsp3) is 0.333. The van der Waals surface area contributed by atoms with Crippen LogP contribution < -0.4 is 0 Å². The number of ether oxygens (including phenoxy) is 2. The maximum absolute atomic E-state index is 12.5. The first-order valence-corrected chi connectivity index (χ1v) is 8.04. The predicted molar refractivity (Wildman–Crippen MR) is 88.6 cm³/mol. The van der Waals surface area contributed by atoms with Crippen LogP contribution in [0.2, 0.25) is 5.02 Å². The van der Waals surface area contributed by atoms with Gasteiger partial charge >= 0.3 is 5.97 Å². The molecule has 0 bridgehead atoms.